The van der Waals surface area contributed by atoms with Crippen LogP contribution in [0.15, 0.2) is 29.2 Å². The van der Waals surface area contributed by atoms with Crippen molar-refractivity contribution < 1.29 is 17.9 Å². The van der Waals surface area contributed by atoms with Crippen molar-refractivity contribution in [1.29, 1.82) is 0 Å². The van der Waals surface area contributed by atoms with Crippen LogP contribution in [-0.2, 0) is 14.8 Å². The number of carbonyl (C=O) groups excluding carboxylic acids is 1. The van der Waals surface area contributed by atoms with E-state index in [4.69, 9.17) is 17.0 Å². The Labute approximate surface area is 165 Å². The molecule has 150 valence electrons. The summed E-state index contributed by atoms with van der Waals surface area (Å²) in [5.74, 6) is -0.427. The van der Waals surface area contributed by atoms with E-state index in [0.29, 0.717) is 12.2 Å². The monoisotopic (exact) mass is 414 g/mol. The van der Waals surface area contributed by atoms with Crippen LogP contribution < -0.4 is 20.9 Å². The molecule has 0 bridgehead atoms. The highest BCUT2D eigenvalue weighted by atomic mass is 32.2. The highest BCUT2D eigenvalue weighted by Gasteiger charge is 2.20. The Morgan fingerprint density at radius 2 is 1.89 bits per heavy atom. The maximum absolute atomic E-state index is 12.3. The zero-order valence-corrected chi connectivity index (χ0v) is 17.3. The molecule has 1 aromatic rings. The molecule has 0 spiro atoms. The topological polar surface area (TPSA) is 109 Å². The molecule has 4 N–H and O–H groups in total. The first kappa shape index (κ1) is 21.5. The molecule has 0 radical (unpaired) electrons. The minimum Gasteiger partial charge on any atom is -0.377 e. The van der Waals surface area contributed by atoms with Crippen molar-refractivity contribution >= 4 is 33.3 Å². The summed E-state index contributed by atoms with van der Waals surface area (Å²) in [4.78, 5) is 12.2. The van der Waals surface area contributed by atoms with Gasteiger partial charge in [0.05, 0.1) is 11.0 Å². The van der Waals surface area contributed by atoms with E-state index in [-0.39, 0.29) is 28.2 Å². The van der Waals surface area contributed by atoms with Crippen molar-refractivity contribution in [2.24, 2.45) is 0 Å². The molecular formula is C17H26N4O4S2. The highest BCUT2D eigenvalue weighted by molar-refractivity contribution is 7.89. The lowest BCUT2D eigenvalue weighted by molar-refractivity contribution is 0.0943. The molecule has 0 unspecified atom stereocenters. The molecule has 27 heavy (non-hydrogen) atoms. The third-order valence-electron chi connectivity index (χ3n) is 3.73. The SMILES string of the molecule is CC(C)(C)NC(=S)NNC(=O)c1ccc(S(=O)(=O)NC[C@@H]2CCCO2)cc1. The van der Waals surface area contributed by atoms with Gasteiger partial charge in [0.25, 0.3) is 5.91 Å². The molecule has 8 nitrogen and oxygen atoms in total. The van der Waals surface area contributed by atoms with E-state index < -0.39 is 15.9 Å². The summed E-state index contributed by atoms with van der Waals surface area (Å²) < 4.78 is 32.6. The van der Waals surface area contributed by atoms with Crippen molar-refractivity contribution in [2.75, 3.05) is 13.2 Å². The van der Waals surface area contributed by atoms with E-state index in [9.17, 15) is 13.2 Å². The van der Waals surface area contributed by atoms with Crippen LogP contribution in [-0.4, -0.2) is 44.2 Å². The van der Waals surface area contributed by atoms with E-state index in [1.54, 1.807) is 0 Å². The standard InChI is InChI=1S/C17H26N4O4S2/c1-17(2,3)19-16(26)21-20-15(22)12-6-8-14(9-7-12)27(23,24)18-11-13-5-4-10-25-13/h6-9,13,18H,4-5,10-11H2,1-3H3,(H,20,22)(H2,19,21,26)/t13-/m0/s1. The zero-order valence-electron chi connectivity index (χ0n) is 15.7. The van der Waals surface area contributed by atoms with Crippen molar-refractivity contribution in [3.8, 4) is 0 Å². The molecule has 1 amide bonds. The number of hydrazine groups is 1. The molecule has 0 saturated carbocycles. The average molecular weight is 415 g/mol. The normalized spacial score (nSPS) is 17.4. The Morgan fingerprint density at radius 1 is 1.22 bits per heavy atom. The van der Waals surface area contributed by atoms with Gasteiger partial charge < -0.3 is 10.1 Å². The van der Waals surface area contributed by atoms with E-state index in [2.05, 4.69) is 20.9 Å². The number of hydrogen-bond donors (Lipinski definition) is 4. The Balaban J connectivity index is 1.89. The number of thiocarbonyl (C=S) groups is 1. The summed E-state index contributed by atoms with van der Waals surface area (Å²) >= 11 is 5.08. The molecule has 1 aliphatic heterocycles. The Bertz CT molecular complexity index is 767. The minimum absolute atomic E-state index is 0.0820. The number of sulfonamides is 1. The largest absolute Gasteiger partial charge is 0.377 e. The van der Waals surface area contributed by atoms with Crippen LogP contribution >= 0.6 is 12.2 Å². The van der Waals surface area contributed by atoms with Gasteiger partial charge in [-0.05, 0) is 70.1 Å². The second kappa shape index (κ2) is 8.96. The molecule has 1 aliphatic rings. The summed E-state index contributed by atoms with van der Waals surface area (Å²) in [5.41, 5.74) is 5.15. The summed E-state index contributed by atoms with van der Waals surface area (Å²) in [7, 11) is -3.64. The Morgan fingerprint density at radius 3 is 2.44 bits per heavy atom. The number of amides is 1. The molecule has 0 aliphatic carbocycles. The van der Waals surface area contributed by atoms with E-state index in [1.807, 2.05) is 20.8 Å². The van der Waals surface area contributed by atoms with Crippen LogP contribution in [0.5, 0.6) is 0 Å². The lowest BCUT2D eigenvalue weighted by Gasteiger charge is -2.23. The maximum atomic E-state index is 12.3. The fraction of sp³-hybridized carbons (Fsp3) is 0.529. The van der Waals surface area contributed by atoms with Crippen molar-refractivity contribution in [1.82, 2.24) is 20.9 Å². The van der Waals surface area contributed by atoms with Gasteiger partial charge in [0.15, 0.2) is 5.11 Å². The van der Waals surface area contributed by atoms with Gasteiger partial charge in [0.2, 0.25) is 10.0 Å². The Kier molecular flexibility index (Phi) is 7.15. The fourth-order valence-corrected chi connectivity index (χ4v) is 3.86. The van der Waals surface area contributed by atoms with Crippen LogP contribution in [0.3, 0.4) is 0 Å². The predicted octanol–water partition coefficient (Wildman–Crippen LogP) is 1.05. The van der Waals surface area contributed by atoms with Crippen LogP contribution in [0.25, 0.3) is 0 Å². The number of ether oxygens (including phenoxy) is 1. The van der Waals surface area contributed by atoms with Gasteiger partial charge in [-0.15, -0.1) is 0 Å². The van der Waals surface area contributed by atoms with Gasteiger partial charge in [0, 0.05) is 24.3 Å². The quantitative estimate of drug-likeness (QED) is 0.421. The molecule has 0 aromatic heterocycles. The second-order valence-electron chi connectivity index (χ2n) is 7.29. The lowest BCUT2D eigenvalue weighted by atomic mass is 10.1. The van der Waals surface area contributed by atoms with E-state index in [1.165, 1.54) is 24.3 Å². The summed E-state index contributed by atoms with van der Waals surface area (Å²) in [6.45, 7) is 6.73. The predicted molar refractivity (Wildman–Crippen MR) is 107 cm³/mol. The van der Waals surface area contributed by atoms with Crippen molar-refractivity contribution in [3.05, 3.63) is 29.8 Å². The van der Waals surface area contributed by atoms with Crippen LogP contribution in [0.2, 0.25) is 0 Å². The van der Waals surface area contributed by atoms with Gasteiger partial charge in [-0.25, -0.2) is 13.1 Å². The van der Waals surface area contributed by atoms with Gasteiger partial charge >= 0.3 is 0 Å². The molecular weight excluding hydrogens is 388 g/mol. The average Bonchev–Trinajstić information content (AvgIpc) is 3.10. The summed E-state index contributed by atoms with van der Waals surface area (Å²) in [5, 5.41) is 3.29. The zero-order chi connectivity index (χ0) is 20.1. The highest BCUT2D eigenvalue weighted by Crippen LogP contribution is 2.14. The van der Waals surface area contributed by atoms with Crippen LogP contribution in [0.1, 0.15) is 44.0 Å². The number of carbonyl (C=O) groups is 1. The number of hydrogen-bond acceptors (Lipinski definition) is 5. The van der Waals surface area contributed by atoms with Gasteiger partial charge in [-0.2, -0.15) is 0 Å². The molecule has 2 rings (SSSR count). The van der Waals surface area contributed by atoms with Crippen molar-refractivity contribution in [3.63, 3.8) is 0 Å². The lowest BCUT2D eigenvalue weighted by Crippen LogP contribution is -2.52. The number of benzene rings is 1. The molecule has 1 saturated heterocycles. The number of rotatable bonds is 5. The maximum Gasteiger partial charge on any atom is 0.269 e. The molecule has 1 fully saturated rings. The molecule has 1 heterocycles. The van der Waals surface area contributed by atoms with Gasteiger partial charge in [-0.3, -0.25) is 15.6 Å². The first-order valence-electron chi connectivity index (χ1n) is 8.67. The first-order chi connectivity index (χ1) is 12.6. The van der Waals surface area contributed by atoms with E-state index in [0.717, 1.165) is 12.8 Å². The molecule has 1 atom stereocenters. The van der Waals surface area contributed by atoms with Gasteiger partial charge in [-0.1, -0.05) is 0 Å². The second-order valence-corrected chi connectivity index (χ2v) is 9.47. The summed E-state index contributed by atoms with van der Waals surface area (Å²) in [6, 6.07) is 5.66. The number of nitrogens with one attached hydrogen (secondary N) is 4. The third-order valence-corrected chi connectivity index (χ3v) is 5.37. The summed E-state index contributed by atoms with van der Waals surface area (Å²) in [6.07, 6.45) is 1.71. The van der Waals surface area contributed by atoms with Crippen LogP contribution in [0.4, 0.5) is 0 Å². The molecule has 10 heteroatoms. The fourth-order valence-electron chi connectivity index (χ4n) is 2.43. The smallest absolute Gasteiger partial charge is 0.269 e. The third kappa shape index (κ3) is 7.06. The van der Waals surface area contributed by atoms with Crippen LogP contribution in [0, 0.1) is 0 Å². The van der Waals surface area contributed by atoms with Crippen molar-refractivity contribution in [2.45, 2.75) is 50.2 Å². The van der Waals surface area contributed by atoms with E-state index >= 15 is 0 Å². The minimum atomic E-state index is -3.64. The first-order valence-corrected chi connectivity index (χ1v) is 10.6. The van der Waals surface area contributed by atoms with Gasteiger partial charge in [0.1, 0.15) is 0 Å². The Hall–Kier alpha value is -1.75. The molecule has 1 aromatic carbocycles.